The largest absolute Gasteiger partial charge is 0.326 e. The molecule has 0 aliphatic carbocycles. The van der Waals surface area contributed by atoms with Crippen LogP contribution in [-0.2, 0) is 9.59 Å². The van der Waals surface area contributed by atoms with E-state index in [1.165, 1.54) is 11.8 Å². The Bertz CT molecular complexity index is 907. The zero-order valence-corrected chi connectivity index (χ0v) is 17.6. The summed E-state index contributed by atoms with van der Waals surface area (Å²) in [6.45, 7) is 6.46. The molecule has 0 radical (unpaired) electrons. The molecule has 0 saturated carbocycles. The Morgan fingerprint density at radius 3 is 2.43 bits per heavy atom. The second kappa shape index (κ2) is 8.80. The third-order valence-electron chi connectivity index (χ3n) is 4.27. The number of hydrogen-bond donors (Lipinski definition) is 1. The Morgan fingerprint density at radius 2 is 1.82 bits per heavy atom. The molecule has 5 nitrogen and oxygen atoms in total. The molecular formula is C21H22ClN3O2S. The van der Waals surface area contributed by atoms with E-state index in [0.717, 1.165) is 16.8 Å². The van der Waals surface area contributed by atoms with Gasteiger partial charge in [-0.25, -0.2) is 4.99 Å². The number of aliphatic imine (C=N–C) groups is 1. The Morgan fingerprint density at radius 1 is 1.18 bits per heavy atom. The smallest absolute Gasteiger partial charge is 0.242 e. The van der Waals surface area contributed by atoms with Gasteiger partial charge >= 0.3 is 0 Å². The summed E-state index contributed by atoms with van der Waals surface area (Å²) in [7, 11) is 0. The Kier molecular flexibility index (Phi) is 6.42. The lowest BCUT2D eigenvalue weighted by Gasteiger charge is -2.13. The van der Waals surface area contributed by atoms with E-state index in [9.17, 15) is 9.59 Å². The maximum absolute atomic E-state index is 12.7. The first-order valence-corrected chi connectivity index (χ1v) is 10.3. The number of thioether (sulfide) groups is 1. The lowest BCUT2D eigenvalue weighted by atomic mass is 10.1. The van der Waals surface area contributed by atoms with Gasteiger partial charge in [-0.05, 0) is 68.3 Å². The second-order valence-electron chi connectivity index (χ2n) is 6.69. The van der Waals surface area contributed by atoms with Crippen molar-refractivity contribution in [1.82, 2.24) is 4.90 Å². The minimum atomic E-state index is -0.475. The summed E-state index contributed by atoms with van der Waals surface area (Å²) in [5.41, 5.74) is 3.71. The van der Waals surface area contributed by atoms with E-state index >= 15 is 0 Å². The van der Waals surface area contributed by atoms with Crippen molar-refractivity contribution in [1.29, 1.82) is 0 Å². The Labute approximate surface area is 174 Å². The first kappa shape index (κ1) is 20.4. The minimum Gasteiger partial charge on any atom is -0.326 e. The van der Waals surface area contributed by atoms with E-state index in [0.29, 0.717) is 22.4 Å². The van der Waals surface area contributed by atoms with Crippen LogP contribution in [0.4, 0.5) is 11.4 Å². The summed E-state index contributed by atoms with van der Waals surface area (Å²) in [6, 6.07) is 12.9. The van der Waals surface area contributed by atoms with Gasteiger partial charge in [0.2, 0.25) is 11.8 Å². The number of rotatable bonds is 5. The molecule has 1 saturated heterocycles. The van der Waals surface area contributed by atoms with Gasteiger partial charge in [-0.3, -0.25) is 14.5 Å². The third-order valence-corrected chi connectivity index (χ3v) is 5.69. The molecule has 2 aromatic rings. The van der Waals surface area contributed by atoms with Crippen molar-refractivity contribution in [2.75, 3.05) is 11.9 Å². The normalized spacial score (nSPS) is 18.0. The molecule has 1 fully saturated rings. The topological polar surface area (TPSA) is 61.8 Å². The van der Waals surface area contributed by atoms with Crippen LogP contribution in [0.2, 0.25) is 5.02 Å². The second-order valence-corrected chi connectivity index (χ2v) is 8.29. The van der Waals surface area contributed by atoms with E-state index < -0.39 is 5.25 Å². The van der Waals surface area contributed by atoms with Crippen LogP contribution in [-0.4, -0.2) is 33.7 Å². The number of amidine groups is 1. The Balaban J connectivity index is 1.72. The summed E-state index contributed by atoms with van der Waals surface area (Å²) in [5.74, 6) is -0.293. The molecule has 7 heteroatoms. The summed E-state index contributed by atoms with van der Waals surface area (Å²) in [4.78, 5) is 31.4. The van der Waals surface area contributed by atoms with Crippen LogP contribution in [0.3, 0.4) is 0 Å². The maximum Gasteiger partial charge on any atom is 0.242 e. The van der Waals surface area contributed by atoms with Gasteiger partial charge in [-0.2, -0.15) is 0 Å². The van der Waals surface area contributed by atoms with Crippen molar-refractivity contribution >= 4 is 51.7 Å². The summed E-state index contributed by atoms with van der Waals surface area (Å²) in [6.07, 6.45) is 0.0918. The van der Waals surface area contributed by atoms with Crippen LogP contribution in [0.15, 0.2) is 47.5 Å². The van der Waals surface area contributed by atoms with Gasteiger partial charge in [-0.1, -0.05) is 29.4 Å². The highest BCUT2D eigenvalue weighted by Crippen LogP contribution is 2.32. The number of nitrogens with zero attached hydrogens (tertiary/aromatic N) is 2. The van der Waals surface area contributed by atoms with Crippen molar-refractivity contribution < 1.29 is 9.59 Å². The fourth-order valence-electron chi connectivity index (χ4n) is 3.06. The van der Waals surface area contributed by atoms with Gasteiger partial charge in [0.1, 0.15) is 5.25 Å². The van der Waals surface area contributed by atoms with Crippen LogP contribution in [0, 0.1) is 13.8 Å². The Hall–Kier alpha value is -2.31. The molecule has 0 aromatic heterocycles. The molecule has 1 aliphatic heterocycles. The molecule has 28 heavy (non-hydrogen) atoms. The summed E-state index contributed by atoms with van der Waals surface area (Å²) in [5, 5.41) is 3.58. The number of halogens is 1. The number of nitrogens with one attached hydrogen (secondary N) is 1. The number of carbonyl (C=O) groups excluding carboxylic acids is 2. The minimum absolute atomic E-state index is 0.0816. The molecule has 3 rings (SSSR count). The number of carbonyl (C=O) groups is 2. The third kappa shape index (κ3) is 4.94. The number of aryl methyl sites for hydroxylation is 2. The molecule has 0 spiro atoms. The van der Waals surface area contributed by atoms with Gasteiger partial charge < -0.3 is 5.32 Å². The van der Waals surface area contributed by atoms with Gasteiger partial charge in [0.05, 0.1) is 5.69 Å². The van der Waals surface area contributed by atoms with Crippen LogP contribution in [0.1, 0.15) is 24.5 Å². The zero-order chi connectivity index (χ0) is 20.3. The van der Waals surface area contributed by atoms with E-state index in [4.69, 9.17) is 11.6 Å². The number of hydrogen-bond acceptors (Lipinski definition) is 4. The molecule has 1 atom stereocenters. The molecule has 1 heterocycles. The zero-order valence-electron chi connectivity index (χ0n) is 16.0. The van der Waals surface area contributed by atoms with Crippen LogP contribution in [0.25, 0.3) is 0 Å². The molecule has 1 N–H and O–H groups in total. The van der Waals surface area contributed by atoms with E-state index in [2.05, 4.69) is 16.4 Å². The standard InChI is InChI=1S/C21H22ClN3O2S/c1-4-25-20(27)18(12-19(26)23-16-7-5-15(22)6-8-16)28-21(25)24-17-10-13(2)9-14(3)11-17/h5-11,18H,4,12H2,1-3H3,(H,23,26). The van der Waals surface area contributed by atoms with Crippen molar-refractivity contribution in [2.45, 2.75) is 32.4 Å². The highest BCUT2D eigenvalue weighted by atomic mass is 35.5. The van der Waals surface area contributed by atoms with Crippen LogP contribution >= 0.6 is 23.4 Å². The van der Waals surface area contributed by atoms with Crippen LogP contribution in [0.5, 0.6) is 0 Å². The average molecular weight is 416 g/mol. The van der Waals surface area contributed by atoms with Crippen molar-refractivity contribution in [3.8, 4) is 0 Å². The molecule has 1 unspecified atom stereocenters. The molecule has 2 aromatic carbocycles. The molecule has 2 amide bonds. The van der Waals surface area contributed by atoms with E-state index in [-0.39, 0.29) is 18.2 Å². The molecular weight excluding hydrogens is 394 g/mol. The van der Waals surface area contributed by atoms with Gasteiger partial charge in [-0.15, -0.1) is 0 Å². The fraction of sp³-hybridized carbons (Fsp3) is 0.286. The summed E-state index contributed by atoms with van der Waals surface area (Å²) < 4.78 is 0. The number of benzene rings is 2. The highest BCUT2D eigenvalue weighted by molar-refractivity contribution is 8.15. The predicted octanol–water partition coefficient (Wildman–Crippen LogP) is 4.94. The summed E-state index contributed by atoms with van der Waals surface area (Å²) >= 11 is 7.20. The van der Waals surface area contributed by atoms with Crippen molar-refractivity contribution in [3.05, 3.63) is 58.6 Å². The van der Waals surface area contributed by atoms with Crippen LogP contribution < -0.4 is 5.32 Å². The first-order chi connectivity index (χ1) is 13.4. The number of anilines is 1. The van der Waals surface area contributed by atoms with E-state index in [1.807, 2.05) is 32.9 Å². The molecule has 1 aliphatic rings. The molecule has 146 valence electrons. The lowest BCUT2D eigenvalue weighted by molar-refractivity contribution is -0.128. The fourth-order valence-corrected chi connectivity index (χ4v) is 4.40. The average Bonchev–Trinajstić information content (AvgIpc) is 2.90. The monoisotopic (exact) mass is 415 g/mol. The lowest BCUT2D eigenvalue weighted by Crippen LogP contribution is -2.33. The van der Waals surface area contributed by atoms with Gasteiger partial charge in [0.15, 0.2) is 5.17 Å². The highest BCUT2D eigenvalue weighted by Gasteiger charge is 2.38. The molecule has 0 bridgehead atoms. The van der Waals surface area contributed by atoms with Gasteiger partial charge in [0.25, 0.3) is 0 Å². The van der Waals surface area contributed by atoms with Crippen molar-refractivity contribution in [2.24, 2.45) is 4.99 Å². The van der Waals surface area contributed by atoms with Crippen molar-refractivity contribution in [3.63, 3.8) is 0 Å². The maximum atomic E-state index is 12.7. The SMILES string of the molecule is CCN1C(=O)C(CC(=O)Nc2ccc(Cl)cc2)SC1=Nc1cc(C)cc(C)c1. The van der Waals surface area contributed by atoms with Gasteiger partial charge in [0, 0.05) is 23.7 Å². The predicted molar refractivity (Wildman–Crippen MR) is 116 cm³/mol. The number of amides is 2. The van der Waals surface area contributed by atoms with E-state index in [1.54, 1.807) is 29.2 Å². The first-order valence-electron chi connectivity index (χ1n) is 9.06. The quantitative estimate of drug-likeness (QED) is 0.752.